The average Bonchev–Trinajstić information content (AvgIpc) is 2.78. The number of hydrogen-bond donors (Lipinski definition) is 0. The number of aryl methyl sites for hydroxylation is 1. The molecule has 3 nitrogen and oxygen atoms in total. The van der Waals surface area contributed by atoms with E-state index < -0.39 is 0 Å². The first-order chi connectivity index (χ1) is 9.78. The average molecular weight is 262 g/mol. The predicted octanol–water partition coefficient (Wildman–Crippen LogP) is 3.97. The fourth-order valence-electron chi connectivity index (χ4n) is 2.50. The van der Waals surface area contributed by atoms with Crippen molar-refractivity contribution in [2.45, 2.75) is 13.5 Å². The number of para-hydroxylation sites is 1. The van der Waals surface area contributed by atoms with Gasteiger partial charge in [0.05, 0.1) is 5.52 Å². The van der Waals surface area contributed by atoms with Crippen LogP contribution in [-0.4, -0.2) is 10.6 Å². The molecule has 0 aliphatic carbocycles. The summed E-state index contributed by atoms with van der Waals surface area (Å²) in [4.78, 5) is 14.3. The number of fused-ring (bicyclic) bond motifs is 1. The van der Waals surface area contributed by atoms with Gasteiger partial charge in [0.15, 0.2) is 0 Å². The van der Waals surface area contributed by atoms with E-state index in [1.165, 1.54) is 11.1 Å². The van der Waals surface area contributed by atoms with E-state index >= 15 is 0 Å². The van der Waals surface area contributed by atoms with Crippen molar-refractivity contribution < 1.29 is 4.79 Å². The molecule has 0 aliphatic heterocycles. The van der Waals surface area contributed by atoms with Crippen LogP contribution in [0.25, 0.3) is 10.9 Å². The summed E-state index contributed by atoms with van der Waals surface area (Å²) in [6, 6.07) is 16.3. The second kappa shape index (κ2) is 5.16. The quantitative estimate of drug-likeness (QED) is 0.519. The maximum Gasteiger partial charge on any atom is 0.240 e. The molecule has 0 unspecified atom stereocenters. The molecule has 0 amide bonds. The Bertz CT molecular complexity index is 811. The SMILES string of the molecule is Cc1cccc(Cn2cc(N=C=O)c3ccccc32)c1. The number of carbonyl (C=O) groups excluding carboxylic acids is 1. The second-order valence-electron chi connectivity index (χ2n) is 4.85. The van der Waals surface area contributed by atoms with Crippen LogP contribution in [0.2, 0.25) is 0 Å². The fourth-order valence-corrected chi connectivity index (χ4v) is 2.50. The van der Waals surface area contributed by atoms with Gasteiger partial charge in [-0.1, -0.05) is 48.0 Å². The topological polar surface area (TPSA) is 34.4 Å². The highest BCUT2D eigenvalue weighted by molar-refractivity contribution is 5.92. The predicted molar refractivity (Wildman–Crippen MR) is 80.0 cm³/mol. The fraction of sp³-hybridized carbons (Fsp3) is 0.118. The molecule has 3 heteroatoms. The molecule has 20 heavy (non-hydrogen) atoms. The lowest BCUT2D eigenvalue weighted by molar-refractivity contribution is 0.565. The molecule has 2 aromatic carbocycles. The van der Waals surface area contributed by atoms with E-state index in [4.69, 9.17) is 0 Å². The van der Waals surface area contributed by atoms with E-state index in [0.717, 1.165) is 17.4 Å². The molecule has 1 heterocycles. The minimum absolute atomic E-state index is 0.670. The lowest BCUT2D eigenvalue weighted by atomic mass is 10.1. The van der Waals surface area contributed by atoms with Crippen molar-refractivity contribution in [1.82, 2.24) is 4.57 Å². The van der Waals surface area contributed by atoms with Gasteiger partial charge in [-0.15, -0.1) is 0 Å². The smallest absolute Gasteiger partial charge is 0.240 e. The molecule has 0 aliphatic rings. The Morgan fingerprint density at radius 2 is 2.00 bits per heavy atom. The van der Waals surface area contributed by atoms with Crippen molar-refractivity contribution in [3.63, 3.8) is 0 Å². The van der Waals surface area contributed by atoms with Crippen molar-refractivity contribution in [2.24, 2.45) is 4.99 Å². The summed E-state index contributed by atoms with van der Waals surface area (Å²) in [6.45, 7) is 2.84. The maximum atomic E-state index is 10.5. The summed E-state index contributed by atoms with van der Waals surface area (Å²) >= 11 is 0. The van der Waals surface area contributed by atoms with Crippen molar-refractivity contribution in [1.29, 1.82) is 0 Å². The number of aromatic nitrogens is 1. The lowest BCUT2D eigenvalue weighted by Gasteiger charge is -2.06. The molecule has 0 saturated carbocycles. The largest absolute Gasteiger partial charge is 0.341 e. The van der Waals surface area contributed by atoms with Gasteiger partial charge < -0.3 is 4.57 Å². The van der Waals surface area contributed by atoms with Gasteiger partial charge in [0.2, 0.25) is 6.08 Å². The summed E-state index contributed by atoms with van der Waals surface area (Å²) < 4.78 is 2.11. The van der Waals surface area contributed by atoms with Gasteiger partial charge in [-0.05, 0) is 18.6 Å². The van der Waals surface area contributed by atoms with Gasteiger partial charge in [0.25, 0.3) is 0 Å². The first-order valence-electron chi connectivity index (χ1n) is 6.49. The Hall–Kier alpha value is -2.64. The number of rotatable bonds is 3. The molecule has 1 aromatic heterocycles. The van der Waals surface area contributed by atoms with Gasteiger partial charge in [-0.2, -0.15) is 4.99 Å². The zero-order valence-electron chi connectivity index (χ0n) is 11.2. The van der Waals surface area contributed by atoms with Crippen molar-refractivity contribution in [2.75, 3.05) is 0 Å². The normalized spacial score (nSPS) is 10.4. The monoisotopic (exact) mass is 262 g/mol. The number of isocyanates is 1. The molecule has 0 atom stereocenters. The first-order valence-corrected chi connectivity index (χ1v) is 6.49. The van der Waals surface area contributed by atoms with Crippen LogP contribution in [0, 0.1) is 6.92 Å². The molecule has 0 N–H and O–H groups in total. The number of nitrogens with zero attached hydrogens (tertiary/aromatic N) is 2. The number of aliphatic imine (C=N–C) groups is 1. The molecule has 0 bridgehead atoms. The van der Waals surface area contributed by atoms with Crippen LogP contribution in [0.5, 0.6) is 0 Å². The lowest BCUT2D eigenvalue weighted by Crippen LogP contribution is -1.97. The summed E-state index contributed by atoms with van der Waals surface area (Å²) in [7, 11) is 0. The highest BCUT2D eigenvalue weighted by Gasteiger charge is 2.07. The summed E-state index contributed by atoms with van der Waals surface area (Å²) in [5.41, 5.74) is 4.21. The summed E-state index contributed by atoms with van der Waals surface area (Å²) in [6.07, 6.45) is 3.52. The highest BCUT2D eigenvalue weighted by atomic mass is 16.1. The van der Waals surface area contributed by atoms with E-state index in [-0.39, 0.29) is 0 Å². The van der Waals surface area contributed by atoms with Gasteiger partial charge >= 0.3 is 0 Å². The standard InChI is InChI=1S/C17H14N2O/c1-13-5-4-6-14(9-13)10-19-11-16(18-12-20)15-7-2-3-8-17(15)19/h2-9,11H,10H2,1H3. The van der Waals surface area contributed by atoms with Crippen LogP contribution in [0.4, 0.5) is 5.69 Å². The molecule has 0 radical (unpaired) electrons. The van der Waals surface area contributed by atoms with Crippen LogP contribution < -0.4 is 0 Å². The Morgan fingerprint density at radius 3 is 2.80 bits per heavy atom. The van der Waals surface area contributed by atoms with E-state index in [0.29, 0.717) is 5.69 Å². The number of hydrogen-bond acceptors (Lipinski definition) is 2. The van der Waals surface area contributed by atoms with Gasteiger partial charge in [0.1, 0.15) is 5.69 Å². The molecule has 3 rings (SSSR count). The Morgan fingerprint density at radius 1 is 1.15 bits per heavy atom. The second-order valence-corrected chi connectivity index (χ2v) is 4.85. The minimum atomic E-state index is 0.670. The molecule has 0 fully saturated rings. The Balaban J connectivity index is 2.09. The van der Waals surface area contributed by atoms with Crippen LogP contribution in [-0.2, 0) is 11.3 Å². The Labute approximate surface area is 117 Å². The molecule has 0 spiro atoms. The van der Waals surface area contributed by atoms with Crippen LogP contribution in [0.3, 0.4) is 0 Å². The molecule has 3 aromatic rings. The maximum absolute atomic E-state index is 10.5. The van der Waals surface area contributed by atoms with Crippen molar-refractivity contribution in [3.8, 4) is 0 Å². The zero-order chi connectivity index (χ0) is 13.9. The third-order valence-corrected chi connectivity index (χ3v) is 3.37. The number of benzene rings is 2. The molecular weight excluding hydrogens is 248 g/mol. The van der Waals surface area contributed by atoms with Gasteiger partial charge in [-0.25, -0.2) is 4.79 Å². The van der Waals surface area contributed by atoms with Gasteiger partial charge in [0, 0.05) is 18.1 Å². The first kappa shape index (κ1) is 12.4. The van der Waals surface area contributed by atoms with Crippen LogP contribution >= 0.6 is 0 Å². The van der Waals surface area contributed by atoms with E-state index in [1.54, 1.807) is 6.08 Å². The highest BCUT2D eigenvalue weighted by Crippen LogP contribution is 2.28. The zero-order valence-corrected chi connectivity index (χ0v) is 11.2. The van der Waals surface area contributed by atoms with Crippen molar-refractivity contribution in [3.05, 3.63) is 65.9 Å². The third-order valence-electron chi connectivity index (χ3n) is 3.37. The third kappa shape index (κ3) is 2.27. The Kier molecular flexibility index (Phi) is 3.20. The summed E-state index contributed by atoms with van der Waals surface area (Å²) in [5, 5.41) is 0.975. The van der Waals surface area contributed by atoms with Crippen LogP contribution in [0.1, 0.15) is 11.1 Å². The molecular formula is C17H14N2O. The van der Waals surface area contributed by atoms with Gasteiger partial charge in [-0.3, -0.25) is 0 Å². The van der Waals surface area contributed by atoms with E-state index in [9.17, 15) is 4.79 Å². The molecule has 0 saturated heterocycles. The van der Waals surface area contributed by atoms with Crippen molar-refractivity contribution >= 4 is 22.7 Å². The minimum Gasteiger partial charge on any atom is -0.341 e. The van der Waals surface area contributed by atoms with E-state index in [1.807, 2.05) is 30.5 Å². The molecule has 98 valence electrons. The van der Waals surface area contributed by atoms with Crippen LogP contribution in [0.15, 0.2) is 59.7 Å². The summed E-state index contributed by atoms with van der Waals surface area (Å²) in [5.74, 6) is 0. The van der Waals surface area contributed by atoms with E-state index in [2.05, 4.69) is 40.7 Å².